The zero-order valence-corrected chi connectivity index (χ0v) is 10.6. The number of nitrogens with one attached hydrogen (secondary N) is 1. The molecule has 7 heteroatoms. The lowest BCUT2D eigenvalue weighted by Gasteiger charge is -2.21. The van der Waals surface area contributed by atoms with Crippen molar-refractivity contribution in [1.82, 2.24) is 10.2 Å². The molecule has 1 aliphatic rings. The number of likely N-dealkylation sites (tertiary alicyclic amines) is 1. The van der Waals surface area contributed by atoms with Crippen molar-refractivity contribution in [3.05, 3.63) is 0 Å². The Bertz CT molecular complexity index is 359. The fourth-order valence-electron chi connectivity index (χ4n) is 1.62. The average molecular weight is 262 g/mol. The third kappa shape index (κ3) is 3.09. The summed E-state index contributed by atoms with van der Waals surface area (Å²) in [5.74, 6) is -0.991. The number of alkyl halides is 1. The van der Waals surface area contributed by atoms with Crippen molar-refractivity contribution < 1.29 is 14.4 Å². The lowest BCUT2D eigenvalue weighted by molar-refractivity contribution is -0.126. The minimum absolute atomic E-state index is 0.220. The van der Waals surface area contributed by atoms with Gasteiger partial charge >= 0.3 is 6.03 Å². The first-order chi connectivity index (χ1) is 7.76. The Morgan fingerprint density at radius 3 is 2.47 bits per heavy atom. The first kappa shape index (κ1) is 13.8. The van der Waals surface area contributed by atoms with Gasteiger partial charge in [0.05, 0.1) is 5.41 Å². The number of urea groups is 1. The molecule has 1 rings (SSSR count). The van der Waals surface area contributed by atoms with Gasteiger partial charge in [0.1, 0.15) is 5.38 Å². The average Bonchev–Trinajstić information content (AvgIpc) is 2.62. The van der Waals surface area contributed by atoms with Crippen LogP contribution in [0.5, 0.6) is 0 Å². The van der Waals surface area contributed by atoms with Crippen LogP contribution in [0.1, 0.15) is 20.3 Å². The number of rotatable bonds is 2. The molecule has 2 unspecified atom stereocenters. The minimum Gasteiger partial charge on any atom is -0.369 e. The highest BCUT2D eigenvalue weighted by atomic mass is 35.5. The van der Waals surface area contributed by atoms with Gasteiger partial charge in [0.25, 0.3) is 0 Å². The van der Waals surface area contributed by atoms with Crippen molar-refractivity contribution >= 4 is 29.4 Å². The number of hydrogen-bond donors (Lipinski definition) is 2. The van der Waals surface area contributed by atoms with Crippen LogP contribution >= 0.6 is 11.6 Å². The summed E-state index contributed by atoms with van der Waals surface area (Å²) in [5, 5.41) is 1.39. The van der Waals surface area contributed by atoms with E-state index in [2.05, 4.69) is 5.32 Å². The van der Waals surface area contributed by atoms with Crippen LogP contribution in [0.4, 0.5) is 4.79 Å². The van der Waals surface area contributed by atoms with Crippen molar-refractivity contribution in [2.24, 2.45) is 11.1 Å². The van der Waals surface area contributed by atoms with E-state index in [1.54, 1.807) is 6.92 Å². The molecule has 2 atom stereocenters. The van der Waals surface area contributed by atoms with Gasteiger partial charge in [-0.2, -0.15) is 0 Å². The number of imide groups is 1. The zero-order chi connectivity index (χ0) is 13.2. The number of carbonyl (C=O) groups is 3. The summed E-state index contributed by atoms with van der Waals surface area (Å²) in [6.07, 6.45) is 0.500. The molecule has 0 aromatic heterocycles. The molecule has 6 nitrogen and oxygen atoms in total. The molecule has 0 aromatic carbocycles. The van der Waals surface area contributed by atoms with Gasteiger partial charge in [-0.05, 0) is 20.3 Å². The number of primary amides is 1. The number of halogens is 1. The smallest absolute Gasteiger partial charge is 0.324 e. The Morgan fingerprint density at radius 1 is 1.47 bits per heavy atom. The Labute approximate surface area is 104 Å². The van der Waals surface area contributed by atoms with E-state index in [1.165, 1.54) is 11.8 Å². The van der Waals surface area contributed by atoms with Crippen LogP contribution in [0.3, 0.4) is 0 Å². The van der Waals surface area contributed by atoms with Crippen LogP contribution in [0.25, 0.3) is 0 Å². The Hall–Kier alpha value is -1.30. The second-order valence-electron chi connectivity index (χ2n) is 4.51. The number of nitrogens with zero attached hydrogens (tertiary/aromatic N) is 1. The lowest BCUT2D eigenvalue weighted by Crippen LogP contribution is -2.45. The fraction of sp³-hybridized carbons (Fsp3) is 0.700. The lowest BCUT2D eigenvalue weighted by atomic mass is 9.89. The standard InChI is InChI=1S/C10H16ClN3O3/c1-6(11)7(15)13-9(17)14-4-3-10(2,5-14)8(12)16/h6H,3-5H2,1-2H3,(H2,12,16)(H,13,15,17). The van der Waals surface area contributed by atoms with Crippen molar-refractivity contribution in [3.63, 3.8) is 0 Å². The maximum atomic E-state index is 11.7. The SMILES string of the molecule is CC(Cl)C(=O)NC(=O)N1CCC(C)(C(N)=O)C1. The molecule has 0 spiro atoms. The topological polar surface area (TPSA) is 92.5 Å². The molecule has 0 aromatic rings. The molecule has 1 fully saturated rings. The normalized spacial score (nSPS) is 25.5. The zero-order valence-electron chi connectivity index (χ0n) is 9.83. The van der Waals surface area contributed by atoms with Crippen molar-refractivity contribution in [3.8, 4) is 0 Å². The van der Waals surface area contributed by atoms with Gasteiger partial charge in [-0.25, -0.2) is 4.79 Å². The van der Waals surface area contributed by atoms with E-state index in [0.29, 0.717) is 13.0 Å². The van der Waals surface area contributed by atoms with E-state index in [-0.39, 0.29) is 6.54 Å². The number of amides is 4. The van der Waals surface area contributed by atoms with Crippen molar-refractivity contribution in [1.29, 1.82) is 0 Å². The Kier molecular flexibility index (Phi) is 3.98. The second kappa shape index (κ2) is 4.91. The number of nitrogens with two attached hydrogens (primary N) is 1. The summed E-state index contributed by atoms with van der Waals surface area (Å²) < 4.78 is 0. The van der Waals surface area contributed by atoms with Crippen LogP contribution < -0.4 is 11.1 Å². The molecule has 1 aliphatic heterocycles. The monoisotopic (exact) mass is 261 g/mol. The third-order valence-electron chi connectivity index (χ3n) is 2.95. The molecule has 0 radical (unpaired) electrons. The van der Waals surface area contributed by atoms with Crippen LogP contribution in [0.15, 0.2) is 0 Å². The molecule has 3 N–H and O–H groups in total. The van der Waals surface area contributed by atoms with E-state index in [0.717, 1.165) is 0 Å². The van der Waals surface area contributed by atoms with Crippen molar-refractivity contribution in [2.45, 2.75) is 25.6 Å². The molecular weight excluding hydrogens is 246 g/mol. The predicted octanol–water partition coefficient (Wildman–Crippen LogP) is 0.0472. The van der Waals surface area contributed by atoms with Gasteiger partial charge < -0.3 is 10.6 Å². The summed E-state index contributed by atoms with van der Waals surface area (Å²) >= 11 is 5.53. The summed E-state index contributed by atoms with van der Waals surface area (Å²) in [6, 6.07) is -0.535. The van der Waals surface area contributed by atoms with E-state index in [1.807, 2.05) is 0 Å². The first-order valence-electron chi connectivity index (χ1n) is 5.30. The van der Waals surface area contributed by atoms with Gasteiger partial charge in [0.15, 0.2) is 0 Å². The van der Waals surface area contributed by atoms with E-state index in [9.17, 15) is 14.4 Å². The molecule has 17 heavy (non-hydrogen) atoms. The number of carbonyl (C=O) groups excluding carboxylic acids is 3. The van der Waals surface area contributed by atoms with Crippen LogP contribution in [0.2, 0.25) is 0 Å². The van der Waals surface area contributed by atoms with Gasteiger partial charge in [-0.1, -0.05) is 0 Å². The highest BCUT2D eigenvalue weighted by Gasteiger charge is 2.41. The molecule has 96 valence electrons. The minimum atomic E-state index is -0.774. The van der Waals surface area contributed by atoms with Crippen molar-refractivity contribution in [2.75, 3.05) is 13.1 Å². The molecule has 0 bridgehead atoms. The highest BCUT2D eigenvalue weighted by Crippen LogP contribution is 2.29. The largest absolute Gasteiger partial charge is 0.369 e. The Balaban J connectivity index is 2.57. The number of hydrogen-bond acceptors (Lipinski definition) is 3. The fourth-order valence-corrected chi connectivity index (χ4v) is 1.67. The highest BCUT2D eigenvalue weighted by molar-refractivity contribution is 6.31. The second-order valence-corrected chi connectivity index (χ2v) is 5.16. The van der Waals surface area contributed by atoms with Gasteiger partial charge in [0, 0.05) is 13.1 Å². The summed E-state index contributed by atoms with van der Waals surface area (Å²) in [4.78, 5) is 35.5. The quantitative estimate of drug-likeness (QED) is 0.688. The Morgan fingerprint density at radius 2 is 2.06 bits per heavy atom. The summed E-state index contributed by atoms with van der Waals surface area (Å²) in [6.45, 7) is 3.80. The van der Waals surface area contributed by atoms with E-state index in [4.69, 9.17) is 17.3 Å². The third-order valence-corrected chi connectivity index (χ3v) is 3.15. The van der Waals surface area contributed by atoms with Gasteiger partial charge in [0.2, 0.25) is 11.8 Å². The molecule has 4 amide bonds. The first-order valence-corrected chi connectivity index (χ1v) is 5.73. The molecule has 1 heterocycles. The maximum absolute atomic E-state index is 11.7. The van der Waals surface area contributed by atoms with Crippen LogP contribution in [-0.2, 0) is 9.59 Å². The van der Waals surface area contributed by atoms with Gasteiger partial charge in [-0.15, -0.1) is 11.6 Å². The molecule has 0 saturated carbocycles. The summed E-state index contributed by atoms with van der Waals surface area (Å²) in [7, 11) is 0. The predicted molar refractivity (Wildman–Crippen MR) is 62.3 cm³/mol. The van der Waals surface area contributed by atoms with E-state index >= 15 is 0 Å². The van der Waals surface area contributed by atoms with E-state index < -0.39 is 28.6 Å². The summed E-state index contributed by atoms with van der Waals surface area (Å²) in [5.41, 5.74) is 4.54. The van der Waals surface area contributed by atoms with Crippen LogP contribution in [-0.4, -0.2) is 41.2 Å². The molecule has 1 saturated heterocycles. The maximum Gasteiger partial charge on any atom is 0.324 e. The van der Waals surface area contributed by atoms with Gasteiger partial charge in [-0.3, -0.25) is 14.9 Å². The molecular formula is C10H16ClN3O3. The van der Waals surface area contributed by atoms with Crippen LogP contribution in [0, 0.1) is 5.41 Å². The molecule has 0 aliphatic carbocycles.